The molecule has 1 rings (SSSR count). The molecule has 5 heteroatoms. The summed E-state index contributed by atoms with van der Waals surface area (Å²) in [6, 6.07) is 2.96. The van der Waals surface area contributed by atoms with E-state index in [2.05, 4.69) is 0 Å². The maximum absolute atomic E-state index is 12.0. The number of aromatic hydroxyl groups is 1. The average molecular weight is 213 g/mol. The molecule has 1 N–H and O–H groups in total. The molecule has 0 aliphatic rings. The van der Waals surface area contributed by atoms with Crippen LogP contribution in [-0.2, 0) is 6.18 Å². The molecule has 13 heavy (non-hydrogen) atoms. The third-order valence-corrected chi connectivity index (χ3v) is 1.39. The first-order valence-corrected chi connectivity index (χ1v) is 3.27. The van der Waals surface area contributed by atoms with Gasteiger partial charge in [-0.15, -0.1) is 12.4 Å². The molecule has 1 nitrogen and oxygen atoms in total. The second-order valence-corrected chi connectivity index (χ2v) is 2.55. The maximum Gasteiger partial charge on any atom is 0.416 e. The summed E-state index contributed by atoms with van der Waals surface area (Å²) in [6.07, 6.45) is -4.39. The zero-order valence-corrected chi connectivity index (χ0v) is 7.54. The molecule has 0 heterocycles. The Morgan fingerprint density at radius 1 is 1.15 bits per heavy atom. The summed E-state index contributed by atoms with van der Waals surface area (Å²) >= 11 is 0. The number of rotatable bonds is 0. The Morgan fingerprint density at radius 3 is 2.08 bits per heavy atom. The minimum absolute atomic E-state index is 0. The van der Waals surface area contributed by atoms with Gasteiger partial charge < -0.3 is 5.11 Å². The number of benzene rings is 1. The summed E-state index contributed by atoms with van der Waals surface area (Å²) in [4.78, 5) is 0. The molecular weight excluding hydrogens is 205 g/mol. The number of phenols is 1. The molecule has 0 fully saturated rings. The quantitative estimate of drug-likeness (QED) is 0.701. The van der Waals surface area contributed by atoms with E-state index in [-0.39, 0.29) is 18.2 Å². The van der Waals surface area contributed by atoms with E-state index in [0.29, 0.717) is 11.6 Å². The molecule has 0 aliphatic heterocycles. The van der Waals surface area contributed by atoms with E-state index in [4.69, 9.17) is 5.11 Å². The summed E-state index contributed by atoms with van der Waals surface area (Å²) in [6.45, 7) is 1.50. The second-order valence-electron chi connectivity index (χ2n) is 2.55. The van der Waals surface area contributed by atoms with Crippen molar-refractivity contribution < 1.29 is 18.3 Å². The first-order chi connectivity index (χ1) is 5.39. The maximum atomic E-state index is 12.0. The monoisotopic (exact) mass is 212 g/mol. The average Bonchev–Trinajstić information content (AvgIpc) is 1.82. The van der Waals surface area contributed by atoms with E-state index < -0.39 is 11.7 Å². The minimum Gasteiger partial charge on any atom is -0.508 e. The number of hydrogen-bond acceptors (Lipinski definition) is 1. The van der Waals surface area contributed by atoms with Gasteiger partial charge in [0.1, 0.15) is 5.75 Å². The summed E-state index contributed by atoms with van der Waals surface area (Å²) in [5, 5.41) is 8.86. The lowest BCUT2D eigenvalue weighted by atomic mass is 10.1. The van der Waals surface area contributed by atoms with Crippen LogP contribution in [0.15, 0.2) is 18.2 Å². The third-order valence-electron chi connectivity index (χ3n) is 1.39. The fourth-order valence-corrected chi connectivity index (χ4v) is 0.927. The Labute approximate surface area is 79.6 Å². The Bertz CT molecular complexity index is 276. The van der Waals surface area contributed by atoms with Crippen molar-refractivity contribution in [1.82, 2.24) is 0 Å². The van der Waals surface area contributed by atoms with Crippen LogP contribution in [0.4, 0.5) is 13.2 Å². The number of halogens is 4. The largest absolute Gasteiger partial charge is 0.508 e. The molecule has 0 amide bonds. The molecule has 1 aromatic rings. The highest BCUT2D eigenvalue weighted by atomic mass is 35.5. The van der Waals surface area contributed by atoms with Crippen LogP contribution in [0.3, 0.4) is 0 Å². The third kappa shape index (κ3) is 3.14. The van der Waals surface area contributed by atoms with Crippen LogP contribution in [0.1, 0.15) is 11.1 Å². The van der Waals surface area contributed by atoms with Crippen molar-refractivity contribution in [2.45, 2.75) is 13.1 Å². The summed E-state index contributed by atoms with van der Waals surface area (Å²) in [7, 11) is 0. The normalized spacial score (nSPS) is 10.8. The Morgan fingerprint density at radius 2 is 1.69 bits per heavy atom. The molecular formula is C8H8ClF3O. The Hall–Kier alpha value is -0.900. The van der Waals surface area contributed by atoms with E-state index in [1.54, 1.807) is 0 Å². The van der Waals surface area contributed by atoms with Crippen molar-refractivity contribution in [1.29, 1.82) is 0 Å². The zero-order valence-electron chi connectivity index (χ0n) is 6.72. The van der Waals surface area contributed by atoms with Crippen molar-refractivity contribution in [3.05, 3.63) is 29.3 Å². The smallest absolute Gasteiger partial charge is 0.416 e. The molecule has 0 spiro atoms. The first-order valence-electron chi connectivity index (χ1n) is 3.27. The van der Waals surface area contributed by atoms with E-state index in [1.165, 1.54) is 13.0 Å². The van der Waals surface area contributed by atoms with Gasteiger partial charge in [0.05, 0.1) is 5.56 Å². The van der Waals surface area contributed by atoms with Crippen LogP contribution >= 0.6 is 12.4 Å². The second kappa shape index (κ2) is 3.87. The topological polar surface area (TPSA) is 20.2 Å². The van der Waals surface area contributed by atoms with Crippen LogP contribution in [0.25, 0.3) is 0 Å². The SMILES string of the molecule is Cc1cc(O)cc(C(F)(F)F)c1.Cl. The van der Waals surface area contributed by atoms with Crippen molar-refractivity contribution >= 4 is 12.4 Å². The van der Waals surface area contributed by atoms with E-state index >= 15 is 0 Å². The molecule has 0 saturated heterocycles. The molecule has 0 saturated carbocycles. The van der Waals surface area contributed by atoms with Gasteiger partial charge in [0.2, 0.25) is 0 Å². The van der Waals surface area contributed by atoms with Gasteiger partial charge >= 0.3 is 6.18 Å². The molecule has 0 unspecified atom stereocenters. The lowest BCUT2D eigenvalue weighted by Crippen LogP contribution is -2.04. The molecule has 0 atom stereocenters. The number of hydrogen-bond donors (Lipinski definition) is 1. The molecule has 0 radical (unpaired) electrons. The van der Waals surface area contributed by atoms with Crippen molar-refractivity contribution in [2.24, 2.45) is 0 Å². The zero-order chi connectivity index (χ0) is 9.35. The van der Waals surface area contributed by atoms with E-state index in [0.717, 1.165) is 6.07 Å². The van der Waals surface area contributed by atoms with Crippen LogP contribution < -0.4 is 0 Å². The van der Waals surface area contributed by atoms with Gasteiger partial charge in [-0.05, 0) is 30.7 Å². The first kappa shape index (κ1) is 12.1. The van der Waals surface area contributed by atoms with Crippen LogP contribution in [0.2, 0.25) is 0 Å². The molecule has 0 aliphatic carbocycles. The van der Waals surface area contributed by atoms with Gasteiger partial charge in [-0.3, -0.25) is 0 Å². The van der Waals surface area contributed by atoms with Crippen LogP contribution in [0.5, 0.6) is 5.75 Å². The predicted molar refractivity (Wildman–Crippen MR) is 45.1 cm³/mol. The van der Waals surface area contributed by atoms with Gasteiger partial charge in [0, 0.05) is 0 Å². The lowest BCUT2D eigenvalue weighted by molar-refractivity contribution is -0.137. The summed E-state index contributed by atoms with van der Waals surface area (Å²) < 4.78 is 36.1. The van der Waals surface area contributed by atoms with Gasteiger partial charge in [0.15, 0.2) is 0 Å². The molecule has 0 bridgehead atoms. The standard InChI is InChI=1S/C8H7F3O.ClH/c1-5-2-6(8(9,10)11)4-7(12)3-5;/h2-4,12H,1H3;1H. The Kier molecular flexibility index (Phi) is 3.60. The van der Waals surface area contributed by atoms with Crippen LogP contribution in [0, 0.1) is 6.92 Å². The fraction of sp³-hybridized carbons (Fsp3) is 0.250. The Balaban J connectivity index is 0.00000144. The highest BCUT2D eigenvalue weighted by Gasteiger charge is 2.30. The summed E-state index contributed by atoms with van der Waals surface area (Å²) in [5.74, 6) is -0.359. The molecule has 74 valence electrons. The van der Waals surface area contributed by atoms with E-state index in [1.807, 2.05) is 0 Å². The summed E-state index contributed by atoms with van der Waals surface area (Å²) in [5.41, 5.74) is -0.428. The van der Waals surface area contributed by atoms with Crippen molar-refractivity contribution in [3.8, 4) is 5.75 Å². The van der Waals surface area contributed by atoms with Crippen molar-refractivity contribution in [2.75, 3.05) is 0 Å². The highest BCUT2D eigenvalue weighted by molar-refractivity contribution is 5.85. The fourth-order valence-electron chi connectivity index (χ4n) is 0.927. The van der Waals surface area contributed by atoms with E-state index in [9.17, 15) is 13.2 Å². The lowest BCUT2D eigenvalue weighted by Gasteiger charge is -2.07. The van der Waals surface area contributed by atoms with Gasteiger partial charge in [-0.2, -0.15) is 13.2 Å². The van der Waals surface area contributed by atoms with Gasteiger partial charge in [0.25, 0.3) is 0 Å². The predicted octanol–water partition coefficient (Wildman–Crippen LogP) is 3.14. The molecule has 1 aromatic carbocycles. The number of phenolic OH excluding ortho intramolecular Hbond substituents is 1. The van der Waals surface area contributed by atoms with Crippen LogP contribution in [-0.4, -0.2) is 5.11 Å². The minimum atomic E-state index is -4.39. The number of alkyl halides is 3. The van der Waals surface area contributed by atoms with Gasteiger partial charge in [-0.1, -0.05) is 0 Å². The molecule has 0 aromatic heterocycles. The van der Waals surface area contributed by atoms with Gasteiger partial charge in [-0.25, -0.2) is 0 Å². The highest BCUT2D eigenvalue weighted by Crippen LogP contribution is 2.31. The number of aryl methyl sites for hydroxylation is 1. The van der Waals surface area contributed by atoms with Crippen molar-refractivity contribution in [3.63, 3.8) is 0 Å².